The molecule has 6 heteroatoms. The van der Waals surface area contributed by atoms with Crippen LogP contribution in [0.5, 0.6) is 0 Å². The highest BCUT2D eigenvalue weighted by molar-refractivity contribution is 7.80. The van der Waals surface area contributed by atoms with Crippen LogP contribution in [0.1, 0.15) is 12.8 Å². The van der Waals surface area contributed by atoms with Crippen molar-refractivity contribution in [2.45, 2.75) is 12.8 Å². The Hall–Kier alpha value is -0.720. The van der Waals surface area contributed by atoms with Crippen LogP contribution < -0.4 is 5.73 Å². The Morgan fingerprint density at radius 1 is 1.33 bits per heavy atom. The predicted molar refractivity (Wildman–Crippen MR) is 77.6 cm³/mol. The summed E-state index contributed by atoms with van der Waals surface area (Å²) in [5.74, 6) is 0.149. The minimum Gasteiger partial charge on any atom is -0.393 e. The van der Waals surface area contributed by atoms with Crippen molar-refractivity contribution in [2.75, 3.05) is 53.4 Å². The van der Waals surface area contributed by atoms with E-state index in [9.17, 15) is 4.79 Å². The quantitative estimate of drug-likeness (QED) is 0.700. The first-order valence-electron chi connectivity index (χ1n) is 6.42. The number of likely N-dealkylation sites (N-methyl/N-ethyl adjacent to an activating group) is 2. The van der Waals surface area contributed by atoms with Crippen LogP contribution in [0.3, 0.4) is 0 Å². The molecule has 0 atom stereocenters. The third-order valence-electron chi connectivity index (χ3n) is 3.29. The molecule has 5 nitrogen and oxygen atoms in total. The molecule has 0 aromatic carbocycles. The predicted octanol–water partition coefficient (Wildman–Crippen LogP) is -0.241. The minimum absolute atomic E-state index is 0.149. The van der Waals surface area contributed by atoms with Crippen LogP contribution in [0.4, 0.5) is 0 Å². The number of thiocarbonyl (C=S) groups is 1. The van der Waals surface area contributed by atoms with E-state index in [2.05, 4.69) is 16.8 Å². The normalized spacial score (nSPS) is 18.3. The summed E-state index contributed by atoms with van der Waals surface area (Å²) >= 11 is 4.82. The Labute approximate surface area is 115 Å². The zero-order chi connectivity index (χ0) is 13.5. The van der Waals surface area contributed by atoms with Crippen molar-refractivity contribution < 1.29 is 4.79 Å². The van der Waals surface area contributed by atoms with Gasteiger partial charge in [0.2, 0.25) is 5.91 Å². The molecule has 0 unspecified atom stereocenters. The zero-order valence-electron chi connectivity index (χ0n) is 11.4. The first kappa shape index (κ1) is 15.3. The maximum Gasteiger partial charge on any atom is 0.236 e. The van der Waals surface area contributed by atoms with Gasteiger partial charge in [0, 0.05) is 33.1 Å². The van der Waals surface area contributed by atoms with Crippen LogP contribution in [0.25, 0.3) is 0 Å². The number of rotatable bonds is 5. The summed E-state index contributed by atoms with van der Waals surface area (Å²) in [6.45, 7) is 5.22. The van der Waals surface area contributed by atoms with Crippen LogP contribution in [0.15, 0.2) is 0 Å². The Balaban J connectivity index is 2.31. The molecule has 1 aliphatic rings. The van der Waals surface area contributed by atoms with Gasteiger partial charge in [-0.2, -0.15) is 0 Å². The van der Waals surface area contributed by atoms with Crippen LogP contribution in [0, 0.1) is 0 Å². The van der Waals surface area contributed by atoms with Gasteiger partial charge in [0.1, 0.15) is 0 Å². The van der Waals surface area contributed by atoms with Gasteiger partial charge in [-0.1, -0.05) is 12.2 Å². The van der Waals surface area contributed by atoms with Crippen molar-refractivity contribution in [3.05, 3.63) is 0 Å². The maximum absolute atomic E-state index is 12.0. The van der Waals surface area contributed by atoms with Gasteiger partial charge < -0.3 is 15.5 Å². The molecule has 0 radical (unpaired) electrons. The number of amides is 1. The largest absolute Gasteiger partial charge is 0.393 e. The number of carbonyl (C=O) groups excluding carboxylic acids is 1. The van der Waals surface area contributed by atoms with Crippen molar-refractivity contribution in [1.29, 1.82) is 0 Å². The van der Waals surface area contributed by atoms with E-state index in [0.717, 1.165) is 32.6 Å². The lowest BCUT2D eigenvalue weighted by atomic mass is 10.3. The standard InChI is InChI=1S/C12H24N4OS/c1-14-5-3-6-16(9-8-14)10-12(17)15(2)7-4-11(13)18/h3-10H2,1-2H3,(H2,13,18). The molecule has 2 N–H and O–H groups in total. The molecular weight excluding hydrogens is 248 g/mol. The van der Waals surface area contributed by atoms with Crippen molar-refractivity contribution in [1.82, 2.24) is 14.7 Å². The van der Waals surface area contributed by atoms with E-state index in [0.29, 0.717) is 24.5 Å². The molecule has 0 aliphatic carbocycles. The third kappa shape index (κ3) is 5.75. The van der Waals surface area contributed by atoms with Gasteiger partial charge in [0.15, 0.2) is 0 Å². The van der Waals surface area contributed by atoms with Crippen LogP contribution in [0.2, 0.25) is 0 Å². The Kier molecular flexibility index (Phi) is 6.52. The average molecular weight is 272 g/mol. The van der Waals surface area contributed by atoms with E-state index in [4.69, 9.17) is 18.0 Å². The SMILES string of the molecule is CN1CCCN(CC(=O)N(C)CCC(N)=S)CC1. The Morgan fingerprint density at radius 3 is 2.72 bits per heavy atom. The second-order valence-corrected chi connectivity index (χ2v) is 5.49. The van der Waals surface area contributed by atoms with E-state index < -0.39 is 0 Å². The molecule has 0 aromatic heterocycles. The summed E-state index contributed by atoms with van der Waals surface area (Å²) in [6.07, 6.45) is 1.72. The number of hydrogen-bond acceptors (Lipinski definition) is 4. The molecule has 1 rings (SSSR count). The molecule has 0 aromatic rings. The van der Waals surface area contributed by atoms with Gasteiger partial charge in [0.05, 0.1) is 11.5 Å². The summed E-state index contributed by atoms with van der Waals surface area (Å²) in [6, 6.07) is 0. The highest BCUT2D eigenvalue weighted by Gasteiger charge is 2.17. The van der Waals surface area contributed by atoms with Crippen LogP contribution >= 0.6 is 12.2 Å². The van der Waals surface area contributed by atoms with Crippen molar-refractivity contribution in [3.63, 3.8) is 0 Å². The van der Waals surface area contributed by atoms with E-state index in [1.54, 1.807) is 4.90 Å². The molecule has 1 amide bonds. The third-order valence-corrected chi connectivity index (χ3v) is 3.49. The van der Waals surface area contributed by atoms with Crippen LogP contribution in [-0.4, -0.2) is 79.0 Å². The summed E-state index contributed by atoms with van der Waals surface area (Å²) < 4.78 is 0. The molecule has 1 saturated heterocycles. The molecule has 0 saturated carbocycles. The highest BCUT2D eigenvalue weighted by atomic mass is 32.1. The molecule has 18 heavy (non-hydrogen) atoms. The zero-order valence-corrected chi connectivity index (χ0v) is 12.2. The van der Waals surface area contributed by atoms with E-state index >= 15 is 0 Å². The topological polar surface area (TPSA) is 52.8 Å². The second kappa shape index (κ2) is 7.66. The summed E-state index contributed by atoms with van der Waals surface area (Å²) in [4.78, 5) is 18.7. The average Bonchev–Trinajstić information content (AvgIpc) is 2.51. The number of nitrogens with zero attached hydrogens (tertiary/aromatic N) is 3. The molecule has 1 fully saturated rings. The lowest BCUT2D eigenvalue weighted by molar-refractivity contribution is -0.131. The van der Waals surface area contributed by atoms with Gasteiger partial charge in [0.25, 0.3) is 0 Å². The first-order chi connectivity index (χ1) is 8.49. The molecular formula is C12H24N4OS. The Morgan fingerprint density at radius 2 is 2.06 bits per heavy atom. The lowest BCUT2D eigenvalue weighted by Gasteiger charge is -2.23. The van der Waals surface area contributed by atoms with Crippen molar-refractivity contribution in [3.8, 4) is 0 Å². The number of nitrogens with two attached hydrogens (primary N) is 1. The highest BCUT2D eigenvalue weighted by Crippen LogP contribution is 2.02. The lowest BCUT2D eigenvalue weighted by Crippen LogP contribution is -2.40. The molecule has 1 aliphatic heterocycles. The summed E-state index contributed by atoms with van der Waals surface area (Å²) in [5.41, 5.74) is 5.44. The van der Waals surface area contributed by atoms with Crippen molar-refractivity contribution >= 4 is 23.1 Å². The summed E-state index contributed by atoms with van der Waals surface area (Å²) in [5, 5.41) is 0. The fourth-order valence-corrected chi connectivity index (χ4v) is 2.06. The molecule has 0 spiro atoms. The monoisotopic (exact) mass is 272 g/mol. The smallest absolute Gasteiger partial charge is 0.236 e. The first-order valence-corrected chi connectivity index (χ1v) is 6.83. The number of carbonyl (C=O) groups is 1. The fraction of sp³-hybridized carbons (Fsp3) is 0.833. The summed E-state index contributed by atoms with van der Waals surface area (Å²) in [7, 11) is 3.93. The number of hydrogen-bond donors (Lipinski definition) is 1. The Bertz CT molecular complexity index is 298. The van der Waals surface area contributed by atoms with Crippen LogP contribution in [-0.2, 0) is 4.79 Å². The molecule has 0 bridgehead atoms. The van der Waals surface area contributed by atoms with Crippen molar-refractivity contribution in [2.24, 2.45) is 5.73 Å². The maximum atomic E-state index is 12.0. The van der Waals surface area contributed by atoms with E-state index in [1.165, 1.54) is 0 Å². The molecule has 1 heterocycles. The van der Waals surface area contributed by atoms with Gasteiger partial charge in [-0.05, 0) is 26.6 Å². The second-order valence-electron chi connectivity index (χ2n) is 4.96. The van der Waals surface area contributed by atoms with Gasteiger partial charge in [-0.15, -0.1) is 0 Å². The van der Waals surface area contributed by atoms with Gasteiger partial charge in [-0.3, -0.25) is 9.69 Å². The van der Waals surface area contributed by atoms with Gasteiger partial charge >= 0.3 is 0 Å². The fourth-order valence-electron chi connectivity index (χ4n) is 1.97. The minimum atomic E-state index is 0.149. The van der Waals surface area contributed by atoms with E-state index in [1.807, 2.05) is 7.05 Å². The van der Waals surface area contributed by atoms with E-state index in [-0.39, 0.29) is 5.91 Å². The molecule has 104 valence electrons. The van der Waals surface area contributed by atoms with Gasteiger partial charge in [-0.25, -0.2) is 0 Å².